The van der Waals surface area contributed by atoms with Crippen molar-refractivity contribution in [3.05, 3.63) is 34.2 Å². The molecule has 1 saturated carbocycles. The molecule has 1 aliphatic rings. The largest absolute Gasteiger partial charge is 0.492 e. The molecule has 4 nitrogen and oxygen atoms in total. The molecule has 2 aromatic rings. The van der Waals surface area contributed by atoms with E-state index in [4.69, 9.17) is 4.74 Å². The van der Waals surface area contributed by atoms with Crippen molar-refractivity contribution < 1.29 is 4.74 Å². The topological polar surface area (TPSA) is 44.1 Å². The van der Waals surface area contributed by atoms with Crippen molar-refractivity contribution in [1.29, 1.82) is 0 Å². The molecular formula is C21H30N2O2. The molecule has 25 heavy (non-hydrogen) atoms. The Morgan fingerprint density at radius 2 is 2.00 bits per heavy atom. The molecule has 0 amide bonds. The fourth-order valence-corrected chi connectivity index (χ4v) is 3.79. The van der Waals surface area contributed by atoms with Crippen molar-refractivity contribution >= 4 is 10.8 Å². The first-order chi connectivity index (χ1) is 12.2. The van der Waals surface area contributed by atoms with Gasteiger partial charge in [0.25, 0.3) is 5.56 Å². The average Bonchev–Trinajstić information content (AvgIpc) is 2.66. The Bertz CT molecular complexity index is 760. The standard InChI is InChI=1S/C21H30N2O2/c1-3-5-13-18-17-12-9-14-19(20(17)21(24)23(4-2)22-18)25-15-16-10-7-6-8-11-16/h9,12,14,16H,3-8,10-11,13,15H2,1-2H3. The van der Waals surface area contributed by atoms with Gasteiger partial charge in [-0.3, -0.25) is 4.79 Å². The van der Waals surface area contributed by atoms with Gasteiger partial charge in [-0.2, -0.15) is 5.10 Å². The van der Waals surface area contributed by atoms with Gasteiger partial charge < -0.3 is 4.74 Å². The third-order valence-corrected chi connectivity index (χ3v) is 5.29. The molecule has 1 heterocycles. The normalized spacial score (nSPS) is 15.6. The lowest BCUT2D eigenvalue weighted by molar-refractivity contribution is 0.210. The van der Waals surface area contributed by atoms with Crippen molar-refractivity contribution in [3.63, 3.8) is 0 Å². The molecule has 1 aromatic heterocycles. The number of rotatable bonds is 7. The summed E-state index contributed by atoms with van der Waals surface area (Å²) in [6.07, 6.45) is 9.54. The maximum Gasteiger partial charge on any atom is 0.278 e. The average molecular weight is 342 g/mol. The summed E-state index contributed by atoms with van der Waals surface area (Å²) in [6.45, 7) is 5.45. The third kappa shape index (κ3) is 4.05. The van der Waals surface area contributed by atoms with Crippen LogP contribution in [-0.2, 0) is 13.0 Å². The minimum absolute atomic E-state index is 0.0306. The number of aromatic nitrogens is 2. The summed E-state index contributed by atoms with van der Waals surface area (Å²) in [4.78, 5) is 12.9. The highest BCUT2D eigenvalue weighted by Gasteiger charge is 2.17. The number of unbranched alkanes of at least 4 members (excludes halogenated alkanes) is 1. The molecule has 0 spiro atoms. The van der Waals surface area contributed by atoms with E-state index in [1.807, 2.05) is 25.1 Å². The number of fused-ring (bicyclic) bond motifs is 1. The Labute approximate surface area is 150 Å². The Balaban J connectivity index is 1.96. The highest BCUT2D eigenvalue weighted by molar-refractivity contribution is 5.89. The molecule has 1 aromatic carbocycles. The quantitative estimate of drug-likeness (QED) is 0.731. The molecular weight excluding hydrogens is 312 g/mol. The minimum atomic E-state index is -0.0306. The maximum atomic E-state index is 12.9. The molecule has 0 unspecified atom stereocenters. The molecule has 0 aliphatic heterocycles. The molecule has 0 atom stereocenters. The first-order valence-corrected chi connectivity index (χ1v) is 9.90. The van der Waals surface area contributed by atoms with Crippen LogP contribution in [0, 0.1) is 5.92 Å². The van der Waals surface area contributed by atoms with Crippen LogP contribution < -0.4 is 10.3 Å². The first kappa shape index (κ1) is 18.0. The van der Waals surface area contributed by atoms with Crippen LogP contribution in [0.15, 0.2) is 23.0 Å². The summed E-state index contributed by atoms with van der Waals surface area (Å²) in [5, 5.41) is 6.27. The van der Waals surface area contributed by atoms with Crippen molar-refractivity contribution in [2.24, 2.45) is 5.92 Å². The maximum absolute atomic E-state index is 12.9. The van der Waals surface area contributed by atoms with E-state index in [0.29, 0.717) is 17.8 Å². The lowest BCUT2D eigenvalue weighted by atomic mass is 9.90. The number of hydrogen-bond donors (Lipinski definition) is 0. The van der Waals surface area contributed by atoms with Gasteiger partial charge in [-0.25, -0.2) is 4.68 Å². The second-order valence-electron chi connectivity index (χ2n) is 7.16. The van der Waals surface area contributed by atoms with Crippen LogP contribution in [0.1, 0.15) is 64.5 Å². The second kappa shape index (κ2) is 8.50. The fourth-order valence-electron chi connectivity index (χ4n) is 3.79. The zero-order valence-electron chi connectivity index (χ0n) is 15.6. The molecule has 0 saturated heterocycles. The monoisotopic (exact) mass is 342 g/mol. The van der Waals surface area contributed by atoms with Crippen molar-refractivity contribution in [2.45, 2.75) is 71.8 Å². The predicted molar refractivity (Wildman–Crippen MR) is 102 cm³/mol. The van der Waals surface area contributed by atoms with Crippen LogP contribution in [0.2, 0.25) is 0 Å². The van der Waals surface area contributed by atoms with E-state index in [0.717, 1.165) is 42.7 Å². The van der Waals surface area contributed by atoms with Gasteiger partial charge in [0.1, 0.15) is 5.75 Å². The van der Waals surface area contributed by atoms with E-state index < -0.39 is 0 Å². The number of hydrogen-bond acceptors (Lipinski definition) is 3. The van der Waals surface area contributed by atoms with Crippen LogP contribution in [0.5, 0.6) is 5.75 Å². The highest BCUT2D eigenvalue weighted by atomic mass is 16.5. The van der Waals surface area contributed by atoms with E-state index in [1.54, 1.807) is 4.68 Å². The number of nitrogens with zero attached hydrogens (tertiary/aromatic N) is 2. The third-order valence-electron chi connectivity index (χ3n) is 5.29. The zero-order chi connectivity index (χ0) is 17.6. The summed E-state index contributed by atoms with van der Waals surface area (Å²) >= 11 is 0. The summed E-state index contributed by atoms with van der Waals surface area (Å²) in [5.74, 6) is 1.36. The molecule has 4 heteroatoms. The zero-order valence-corrected chi connectivity index (χ0v) is 15.6. The molecule has 0 N–H and O–H groups in total. The Morgan fingerprint density at radius 1 is 1.20 bits per heavy atom. The minimum Gasteiger partial charge on any atom is -0.492 e. The molecule has 1 aliphatic carbocycles. The van der Waals surface area contributed by atoms with E-state index in [2.05, 4.69) is 12.0 Å². The van der Waals surface area contributed by atoms with Crippen LogP contribution in [0.25, 0.3) is 10.8 Å². The first-order valence-electron chi connectivity index (χ1n) is 9.90. The molecule has 136 valence electrons. The lowest BCUT2D eigenvalue weighted by Gasteiger charge is -2.22. The Kier molecular flexibility index (Phi) is 6.11. The number of aryl methyl sites for hydroxylation is 2. The van der Waals surface area contributed by atoms with Crippen LogP contribution in [-0.4, -0.2) is 16.4 Å². The molecule has 3 rings (SSSR count). The van der Waals surface area contributed by atoms with Crippen LogP contribution in [0.4, 0.5) is 0 Å². The smallest absolute Gasteiger partial charge is 0.278 e. The van der Waals surface area contributed by atoms with E-state index in [-0.39, 0.29) is 5.56 Å². The molecule has 1 fully saturated rings. The van der Waals surface area contributed by atoms with Gasteiger partial charge in [0.15, 0.2) is 0 Å². The van der Waals surface area contributed by atoms with E-state index in [1.165, 1.54) is 32.1 Å². The Morgan fingerprint density at radius 3 is 2.72 bits per heavy atom. The molecule has 0 radical (unpaired) electrons. The van der Waals surface area contributed by atoms with Crippen LogP contribution in [0.3, 0.4) is 0 Å². The molecule has 0 bridgehead atoms. The summed E-state index contributed by atoms with van der Waals surface area (Å²) < 4.78 is 7.74. The number of ether oxygens (including phenoxy) is 1. The highest BCUT2D eigenvalue weighted by Crippen LogP contribution is 2.28. The second-order valence-corrected chi connectivity index (χ2v) is 7.16. The summed E-state index contributed by atoms with van der Waals surface area (Å²) in [5.41, 5.74) is 0.985. The van der Waals surface area contributed by atoms with Gasteiger partial charge in [0, 0.05) is 11.9 Å². The van der Waals surface area contributed by atoms with E-state index >= 15 is 0 Å². The lowest BCUT2D eigenvalue weighted by Crippen LogP contribution is -2.25. The van der Waals surface area contributed by atoms with Gasteiger partial charge in [-0.15, -0.1) is 0 Å². The van der Waals surface area contributed by atoms with Gasteiger partial charge in [0.05, 0.1) is 17.7 Å². The van der Waals surface area contributed by atoms with E-state index in [9.17, 15) is 4.79 Å². The SMILES string of the molecule is CCCCc1nn(CC)c(=O)c2c(OCC3CCCCC3)cccc12. The van der Waals surface area contributed by atoms with Crippen molar-refractivity contribution in [2.75, 3.05) is 6.61 Å². The van der Waals surface area contributed by atoms with Gasteiger partial charge in [-0.05, 0) is 44.6 Å². The summed E-state index contributed by atoms with van der Waals surface area (Å²) in [6, 6.07) is 5.95. The van der Waals surface area contributed by atoms with Gasteiger partial charge >= 0.3 is 0 Å². The fraction of sp³-hybridized carbons (Fsp3) is 0.619. The van der Waals surface area contributed by atoms with Crippen molar-refractivity contribution in [3.8, 4) is 5.75 Å². The van der Waals surface area contributed by atoms with Crippen molar-refractivity contribution in [1.82, 2.24) is 9.78 Å². The predicted octanol–water partition coefficient (Wildman–Crippen LogP) is 4.72. The van der Waals surface area contributed by atoms with Crippen LogP contribution >= 0.6 is 0 Å². The Hall–Kier alpha value is -1.84. The summed E-state index contributed by atoms with van der Waals surface area (Å²) in [7, 11) is 0. The van der Waals surface area contributed by atoms with Gasteiger partial charge in [0.2, 0.25) is 0 Å². The van der Waals surface area contributed by atoms with Gasteiger partial charge in [-0.1, -0.05) is 44.7 Å². The number of benzene rings is 1.